The van der Waals surface area contributed by atoms with Crippen LogP contribution in [-0.4, -0.2) is 20.9 Å². The monoisotopic (exact) mass is 318 g/mol. The molecular weight excluding hydrogens is 300 g/mol. The largest absolute Gasteiger partial charge is 0.352 e. The molecule has 112 valence electrons. The molecule has 0 fully saturated rings. The van der Waals surface area contributed by atoms with Crippen molar-refractivity contribution in [3.05, 3.63) is 28.8 Å². The molecule has 0 saturated carbocycles. The zero-order chi connectivity index (χ0) is 15.5. The third-order valence-corrected chi connectivity index (χ3v) is 4.62. The second-order valence-corrected chi connectivity index (χ2v) is 7.06. The lowest BCUT2D eigenvalue weighted by atomic mass is 9.98. The summed E-state index contributed by atoms with van der Waals surface area (Å²) in [5, 5.41) is 7.80. The fraction of sp³-hybridized carbons (Fsp3) is 0.462. The van der Waals surface area contributed by atoms with Gasteiger partial charge in [0.1, 0.15) is 4.90 Å². The van der Waals surface area contributed by atoms with Crippen molar-refractivity contribution in [3.63, 3.8) is 0 Å². The van der Waals surface area contributed by atoms with Crippen molar-refractivity contribution in [2.24, 2.45) is 17.0 Å². The molecule has 0 saturated heterocycles. The van der Waals surface area contributed by atoms with Gasteiger partial charge in [-0.1, -0.05) is 32.4 Å². The molecule has 1 atom stereocenters. The molecule has 0 bridgehead atoms. The van der Waals surface area contributed by atoms with Gasteiger partial charge in [-0.3, -0.25) is 4.79 Å². The van der Waals surface area contributed by atoms with Gasteiger partial charge in [-0.2, -0.15) is 0 Å². The Bertz CT molecular complexity index is 600. The Hall–Kier alpha value is -1.11. The maximum absolute atomic E-state index is 12.0. The van der Waals surface area contributed by atoms with Gasteiger partial charge >= 0.3 is 0 Å². The summed E-state index contributed by atoms with van der Waals surface area (Å²) in [6.45, 7) is 6.68. The summed E-state index contributed by atoms with van der Waals surface area (Å²) in [6, 6.07) is 4.00. The highest BCUT2D eigenvalue weighted by Gasteiger charge is 2.17. The molecule has 1 rings (SSSR count). The Morgan fingerprint density at radius 2 is 1.95 bits per heavy atom. The lowest BCUT2D eigenvalue weighted by molar-refractivity contribution is 0.0944. The number of carbonyl (C=O) groups is 1. The van der Waals surface area contributed by atoms with Crippen LogP contribution in [0.1, 0.15) is 31.1 Å². The summed E-state index contributed by atoms with van der Waals surface area (Å²) in [4.78, 5) is 11.7. The van der Waals surface area contributed by atoms with Crippen LogP contribution < -0.4 is 10.5 Å². The molecule has 7 heteroatoms. The van der Waals surface area contributed by atoms with Crippen molar-refractivity contribution in [1.82, 2.24) is 5.32 Å². The average molecular weight is 319 g/mol. The van der Waals surface area contributed by atoms with Crippen molar-refractivity contribution in [2.45, 2.75) is 25.7 Å². The molecular formula is C13H19ClN2O3S. The van der Waals surface area contributed by atoms with Crippen LogP contribution in [0, 0.1) is 11.8 Å². The summed E-state index contributed by atoms with van der Waals surface area (Å²) in [5.41, 5.74) is 0.217. The molecule has 1 aromatic rings. The van der Waals surface area contributed by atoms with Crippen LogP contribution >= 0.6 is 11.6 Å². The minimum Gasteiger partial charge on any atom is -0.352 e. The lowest BCUT2D eigenvalue weighted by Gasteiger charge is -2.16. The minimum atomic E-state index is -3.95. The molecule has 0 heterocycles. The molecule has 0 aliphatic carbocycles. The van der Waals surface area contributed by atoms with E-state index in [1.54, 1.807) is 0 Å². The number of halogens is 1. The Morgan fingerprint density at radius 1 is 1.35 bits per heavy atom. The van der Waals surface area contributed by atoms with E-state index in [0.29, 0.717) is 18.4 Å². The van der Waals surface area contributed by atoms with Gasteiger partial charge < -0.3 is 5.32 Å². The van der Waals surface area contributed by atoms with Crippen LogP contribution in [0.25, 0.3) is 0 Å². The van der Waals surface area contributed by atoms with Gasteiger partial charge in [0, 0.05) is 12.1 Å². The first-order valence-electron chi connectivity index (χ1n) is 6.23. The maximum atomic E-state index is 12.0. The van der Waals surface area contributed by atoms with Crippen molar-refractivity contribution in [2.75, 3.05) is 6.54 Å². The highest BCUT2D eigenvalue weighted by molar-refractivity contribution is 7.89. The van der Waals surface area contributed by atoms with E-state index in [2.05, 4.69) is 19.2 Å². The van der Waals surface area contributed by atoms with E-state index in [4.69, 9.17) is 16.7 Å². The number of sulfonamides is 1. The van der Waals surface area contributed by atoms with Crippen LogP contribution in [0.2, 0.25) is 5.02 Å². The number of hydrogen-bond donors (Lipinski definition) is 2. The number of rotatable bonds is 5. The number of primary sulfonamides is 1. The van der Waals surface area contributed by atoms with Gasteiger partial charge in [0.2, 0.25) is 10.0 Å². The molecule has 5 nitrogen and oxygen atoms in total. The molecule has 20 heavy (non-hydrogen) atoms. The summed E-state index contributed by atoms with van der Waals surface area (Å²) in [5.74, 6) is 0.420. The number of nitrogens with one attached hydrogen (secondary N) is 1. The van der Waals surface area contributed by atoms with E-state index in [9.17, 15) is 13.2 Å². The standard InChI is InChI=1S/C13H19ClN2O3S/c1-8(2)9(3)7-16-13(17)10-4-5-11(14)12(6-10)20(15,18)19/h4-6,8-9H,7H2,1-3H3,(H,16,17)(H2,15,18,19). The molecule has 3 N–H and O–H groups in total. The summed E-state index contributed by atoms with van der Waals surface area (Å²) < 4.78 is 22.7. The molecule has 1 amide bonds. The van der Waals surface area contributed by atoms with Crippen LogP contribution in [0.4, 0.5) is 0 Å². The normalized spacial score (nSPS) is 13.3. The quantitative estimate of drug-likeness (QED) is 0.870. The van der Waals surface area contributed by atoms with Gasteiger partial charge in [-0.25, -0.2) is 13.6 Å². The van der Waals surface area contributed by atoms with E-state index in [0.717, 1.165) is 0 Å². The fourth-order valence-corrected chi connectivity index (χ4v) is 2.53. The smallest absolute Gasteiger partial charge is 0.251 e. The van der Waals surface area contributed by atoms with Crippen LogP contribution in [-0.2, 0) is 10.0 Å². The third-order valence-electron chi connectivity index (χ3n) is 3.22. The van der Waals surface area contributed by atoms with Crippen molar-refractivity contribution < 1.29 is 13.2 Å². The average Bonchev–Trinajstić information content (AvgIpc) is 2.34. The molecule has 0 aliphatic heterocycles. The predicted molar refractivity (Wildman–Crippen MR) is 79.2 cm³/mol. The van der Waals surface area contributed by atoms with Crippen molar-refractivity contribution in [1.29, 1.82) is 0 Å². The number of hydrogen-bond acceptors (Lipinski definition) is 3. The molecule has 1 aromatic carbocycles. The SMILES string of the molecule is CC(C)C(C)CNC(=O)c1ccc(Cl)c(S(N)(=O)=O)c1. The maximum Gasteiger partial charge on any atom is 0.251 e. The second-order valence-electron chi connectivity index (χ2n) is 5.12. The van der Waals surface area contributed by atoms with E-state index in [1.807, 2.05) is 6.92 Å². The van der Waals surface area contributed by atoms with Crippen molar-refractivity contribution in [3.8, 4) is 0 Å². The summed E-state index contributed by atoms with van der Waals surface area (Å²) >= 11 is 5.76. The molecule has 0 aliphatic rings. The topological polar surface area (TPSA) is 89.3 Å². The number of nitrogens with two attached hydrogens (primary N) is 1. The van der Waals surface area contributed by atoms with E-state index >= 15 is 0 Å². The zero-order valence-electron chi connectivity index (χ0n) is 11.7. The van der Waals surface area contributed by atoms with Gasteiger partial charge in [0.15, 0.2) is 0 Å². The summed E-state index contributed by atoms with van der Waals surface area (Å²) in [7, 11) is -3.95. The highest BCUT2D eigenvalue weighted by atomic mass is 35.5. The first-order chi connectivity index (χ1) is 9.12. The molecule has 0 aromatic heterocycles. The Morgan fingerprint density at radius 3 is 2.45 bits per heavy atom. The van der Waals surface area contributed by atoms with Crippen molar-refractivity contribution >= 4 is 27.5 Å². The Balaban J connectivity index is 2.90. The fourth-order valence-electron chi connectivity index (χ4n) is 1.45. The van der Waals surface area contributed by atoms with Crippen LogP contribution in [0.15, 0.2) is 23.1 Å². The van der Waals surface area contributed by atoms with E-state index < -0.39 is 10.0 Å². The Kier molecular flexibility index (Phi) is 5.56. The minimum absolute atomic E-state index is 0.000372. The predicted octanol–water partition coefficient (Wildman–Crippen LogP) is 2.01. The first kappa shape index (κ1) is 16.9. The zero-order valence-corrected chi connectivity index (χ0v) is 13.3. The van der Waals surface area contributed by atoms with E-state index in [1.165, 1.54) is 18.2 Å². The van der Waals surface area contributed by atoms with Gasteiger partial charge in [0.05, 0.1) is 5.02 Å². The molecule has 1 unspecified atom stereocenters. The van der Waals surface area contributed by atoms with Gasteiger partial charge in [0.25, 0.3) is 5.91 Å². The third kappa shape index (κ3) is 4.47. The summed E-state index contributed by atoms with van der Waals surface area (Å²) in [6.07, 6.45) is 0. The molecule has 0 radical (unpaired) electrons. The number of amides is 1. The van der Waals surface area contributed by atoms with Gasteiger partial charge in [-0.05, 0) is 30.0 Å². The Labute approximate surface area is 124 Å². The highest BCUT2D eigenvalue weighted by Crippen LogP contribution is 2.21. The van der Waals surface area contributed by atoms with Crippen LogP contribution in [0.5, 0.6) is 0 Å². The second kappa shape index (κ2) is 6.56. The first-order valence-corrected chi connectivity index (χ1v) is 8.16. The van der Waals surface area contributed by atoms with Gasteiger partial charge in [-0.15, -0.1) is 0 Å². The lowest BCUT2D eigenvalue weighted by Crippen LogP contribution is -2.30. The molecule has 0 spiro atoms. The van der Waals surface area contributed by atoms with Crippen LogP contribution in [0.3, 0.4) is 0 Å². The number of benzene rings is 1. The van der Waals surface area contributed by atoms with E-state index in [-0.39, 0.29) is 21.4 Å². The number of carbonyl (C=O) groups excluding carboxylic acids is 1.